The lowest BCUT2D eigenvalue weighted by atomic mass is 10.1. The highest BCUT2D eigenvalue weighted by atomic mass is 32.2. The van der Waals surface area contributed by atoms with Gasteiger partial charge in [-0.1, -0.05) is 13.5 Å². The molecule has 1 unspecified atom stereocenters. The van der Waals surface area contributed by atoms with Crippen LogP contribution in [0.15, 0.2) is 12.2 Å². The number of carbonyl (C=O) groups excluding carboxylic acids is 1. The van der Waals surface area contributed by atoms with Gasteiger partial charge in [-0.15, -0.1) is 0 Å². The molecule has 154 valence electrons. The Labute approximate surface area is 144 Å². The Balaban J connectivity index is 6.00. The number of hydrogen-bond acceptors (Lipinski definition) is 6. The second-order valence-corrected chi connectivity index (χ2v) is 6.64. The van der Waals surface area contributed by atoms with E-state index in [0.29, 0.717) is 0 Å². The first kappa shape index (κ1) is 24.6. The third-order valence-electron chi connectivity index (χ3n) is 2.95. The normalized spacial score (nSPS) is 16.1. The van der Waals surface area contributed by atoms with Crippen LogP contribution in [0.1, 0.15) is 20.3 Å². The van der Waals surface area contributed by atoms with Crippen LogP contribution in [0.2, 0.25) is 0 Å². The Hall–Kier alpha value is -1.38. The smallest absolute Gasteiger partial charge is 0.427 e. The quantitative estimate of drug-likeness (QED) is 0.204. The molecule has 0 aromatic heterocycles. The molecule has 0 heterocycles. The van der Waals surface area contributed by atoms with Gasteiger partial charge in [-0.2, -0.15) is 34.8 Å². The molecule has 0 radical (unpaired) electrons. The van der Waals surface area contributed by atoms with E-state index in [0.717, 1.165) is 13.8 Å². The second kappa shape index (κ2) is 8.10. The minimum absolute atomic E-state index is 0.272. The molecule has 0 saturated heterocycles. The van der Waals surface area contributed by atoms with Crippen LogP contribution in [-0.4, -0.2) is 60.1 Å². The lowest BCUT2D eigenvalue weighted by Crippen LogP contribution is -2.64. The molecule has 0 aromatic carbocycles. The summed E-state index contributed by atoms with van der Waals surface area (Å²) < 4.78 is 116. The first-order valence-corrected chi connectivity index (χ1v) is 8.30. The predicted octanol–water partition coefficient (Wildman–Crippen LogP) is 1.97. The number of halogens is 6. The largest absolute Gasteiger partial charge is 0.454 e. The van der Waals surface area contributed by atoms with Crippen LogP contribution in [0.4, 0.5) is 26.3 Å². The Kier molecular flexibility index (Phi) is 7.67. The van der Waals surface area contributed by atoms with Crippen molar-refractivity contribution in [1.29, 1.82) is 0 Å². The molecule has 0 bridgehead atoms. The maximum absolute atomic E-state index is 13.1. The summed E-state index contributed by atoms with van der Waals surface area (Å²) in [5.41, 5.74) is -5.73. The number of rotatable bonds is 8. The van der Waals surface area contributed by atoms with Crippen molar-refractivity contribution in [3.63, 3.8) is 0 Å². The van der Waals surface area contributed by atoms with E-state index in [2.05, 4.69) is 16.1 Å². The highest BCUT2D eigenvalue weighted by Gasteiger charge is 2.75. The summed E-state index contributed by atoms with van der Waals surface area (Å²) in [6, 6.07) is 0. The topological polar surface area (TPSA) is 110 Å². The van der Waals surface area contributed by atoms with Crippen molar-refractivity contribution in [2.24, 2.45) is 0 Å². The Bertz CT molecular complexity index is 611. The predicted molar refractivity (Wildman–Crippen MR) is 73.3 cm³/mol. The SMILES string of the molecule is C=C(C)C(=O)OC(CC)[C@@H](O)OC(CS(=O)(=O)O)(C(F)(F)F)C(F)(F)F. The van der Waals surface area contributed by atoms with Crippen molar-refractivity contribution in [3.8, 4) is 0 Å². The zero-order chi connectivity index (χ0) is 21.1. The van der Waals surface area contributed by atoms with Gasteiger partial charge in [-0.25, -0.2) is 4.79 Å². The van der Waals surface area contributed by atoms with Crippen molar-refractivity contribution in [2.45, 2.75) is 50.6 Å². The van der Waals surface area contributed by atoms with Gasteiger partial charge >= 0.3 is 18.3 Å². The maximum atomic E-state index is 13.1. The summed E-state index contributed by atoms with van der Waals surface area (Å²) in [5, 5.41) is 9.59. The fraction of sp³-hybridized carbons (Fsp3) is 0.750. The zero-order valence-electron chi connectivity index (χ0n) is 13.4. The molecule has 7 nitrogen and oxygen atoms in total. The summed E-state index contributed by atoms with van der Waals surface area (Å²) in [4.78, 5) is 11.3. The lowest BCUT2D eigenvalue weighted by Gasteiger charge is -2.38. The lowest BCUT2D eigenvalue weighted by molar-refractivity contribution is -0.404. The van der Waals surface area contributed by atoms with Gasteiger partial charge < -0.3 is 14.6 Å². The molecule has 0 aromatic rings. The summed E-state index contributed by atoms with van der Waals surface area (Å²) in [6.07, 6.45) is -18.3. The minimum atomic E-state index is -6.40. The molecule has 0 rings (SSSR count). The highest BCUT2D eigenvalue weighted by Crippen LogP contribution is 2.47. The van der Waals surface area contributed by atoms with E-state index >= 15 is 0 Å². The minimum Gasteiger partial charge on any atom is -0.454 e. The van der Waals surface area contributed by atoms with E-state index in [1.165, 1.54) is 0 Å². The van der Waals surface area contributed by atoms with Gasteiger partial charge in [0.15, 0.2) is 12.4 Å². The molecule has 2 atom stereocenters. The standard InChI is InChI=1S/C12H16F6O7S/c1-4-7(24-8(19)6(2)3)9(20)25-10(11(13,14)15,12(16,17)18)5-26(21,22)23/h7,9,20H,2,4-5H2,1,3H3,(H,21,22,23)/t7?,9-/m0/s1. The van der Waals surface area contributed by atoms with E-state index in [1.54, 1.807) is 0 Å². The number of alkyl halides is 6. The Morgan fingerprint density at radius 1 is 1.15 bits per heavy atom. The molecule has 0 fully saturated rings. The maximum Gasteiger partial charge on any atom is 0.427 e. The van der Waals surface area contributed by atoms with E-state index < -0.39 is 58.6 Å². The van der Waals surface area contributed by atoms with Crippen LogP contribution in [-0.2, 0) is 24.4 Å². The zero-order valence-corrected chi connectivity index (χ0v) is 14.2. The third kappa shape index (κ3) is 6.10. The fourth-order valence-corrected chi connectivity index (χ4v) is 2.52. The van der Waals surface area contributed by atoms with Crippen molar-refractivity contribution < 1.29 is 58.7 Å². The van der Waals surface area contributed by atoms with Crippen LogP contribution in [0.5, 0.6) is 0 Å². The molecule has 0 aliphatic rings. The van der Waals surface area contributed by atoms with Gasteiger partial charge in [0, 0.05) is 5.57 Å². The van der Waals surface area contributed by atoms with Gasteiger partial charge in [-0.3, -0.25) is 4.55 Å². The van der Waals surface area contributed by atoms with Gasteiger partial charge in [0.25, 0.3) is 15.7 Å². The van der Waals surface area contributed by atoms with Crippen LogP contribution < -0.4 is 0 Å². The number of esters is 1. The van der Waals surface area contributed by atoms with Crippen molar-refractivity contribution in [3.05, 3.63) is 12.2 Å². The number of aliphatic hydroxyl groups excluding tert-OH is 1. The summed E-state index contributed by atoms with van der Waals surface area (Å²) in [5.74, 6) is -4.20. The molecule has 26 heavy (non-hydrogen) atoms. The fourth-order valence-electron chi connectivity index (χ4n) is 1.61. The van der Waals surface area contributed by atoms with Crippen LogP contribution >= 0.6 is 0 Å². The molecule has 2 N–H and O–H groups in total. The van der Waals surface area contributed by atoms with Crippen LogP contribution in [0.25, 0.3) is 0 Å². The Morgan fingerprint density at radius 2 is 1.58 bits per heavy atom. The number of aliphatic hydroxyl groups is 1. The number of ether oxygens (including phenoxy) is 2. The van der Waals surface area contributed by atoms with Gasteiger partial charge in [-0.05, 0) is 13.3 Å². The average Bonchev–Trinajstić information content (AvgIpc) is 2.39. The van der Waals surface area contributed by atoms with E-state index in [-0.39, 0.29) is 5.57 Å². The molecular weight excluding hydrogens is 402 g/mol. The van der Waals surface area contributed by atoms with Crippen molar-refractivity contribution in [2.75, 3.05) is 5.75 Å². The highest BCUT2D eigenvalue weighted by molar-refractivity contribution is 7.85. The van der Waals surface area contributed by atoms with Crippen LogP contribution in [0, 0.1) is 0 Å². The van der Waals surface area contributed by atoms with Crippen LogP contribution in [0.3, 0.4) is 0 Å². The first-order valence-electron chi connectivity index (χ1n) is 6.69. The Morgan fingerprint density at radius 3 is 1.85 bits per heavy atom. The van der Waals surface area contributed by atoms with Crippen molar-refractivity contribution in [1.82, 2.24) is 0 Å². The van der Waals surface area contributed by atoms with Gasteiger partial charge in [0.2, 0.25) is 0 Å². The molecule has 14 heteroatoms. The molecule has 0 spiro atoms. The van der Waals surface area contributed by atoms with E-state index in [1.807, 2.05) is 0 Å². The van der Waals surface area contributed by atoms with Gasteiger partial charge in [0.1, 0.15) is 5.75 Å². The van der Waals surface area contributed by atoms with Gasteiger partial charge in [0.05, 0.1) is 0 Å². The third-order valence-corrected chi connectivity index (χ3v) is 3.72. The first-order chi connectivity index (χ1) is 11.4. The molecule has 0 amide bonds. The summed E-state index contributed by atoms with van der Waals surface area (Å²) >= 11 is 0. The monoisotopic (exact) mass is 418 g/mol. The summed E-state index contributed by atoms with van der Waals surface area (Å²) in [6.45, 7) is 5.39. The number of carbonyl (C=O) groups is 1. The van der Waals surface area contributed by atoms with E-state index in [4.69, 9.17) is 4.55 Å². The number of hydrogen-bond donors (Lipinski definition) is 2. The summed E-state index contributed by atoms with van der Waals surface area (Å²) in [7, 11) is -5.86. The average molecular weight is 418 g/mol. The molecular formula is C12H16F6O7S. The second-order valence-electron chi connectivity index (χ2n) is 5.19. The van der Waals surface area contributed by atoms with E-state index in [9.17, 15) is 44.7 Å². The molecule has 0 aliphatic carbocycles. The van der Waals surface area contributed by atoms with Crippen molar-refractivity contribution >= 4 is 16.1 Å². The molecule has 0 aliphatic heterocycles. The molecule has 0 saturated carbocycles.